The lowest BCUT2D eigenvalue weighted by Gasteiger charge is -2.33. The fraction of sp³-hybridized carbons (Fsp3) is 0.583. The van der Waals surface area contributed by atoms with Crippen LogP contribution in [0.4, 0.5) is 20.7 Å². The summed E-state index contributed by atoms with van der Waals surface area (Å²) < 4.78 is 26.0. The highest BCUT2D eigenvalue weighted by molar-refractivity contribution is 5.95. The first kappa shape index (κ1) is 33.7. The van der Waals surface area contributed by atoms with Gasteiger partial charge < -0.3 is 29.1 Å². The summed E-state index contributed by atoms with van der Waals surface area (Å²) in [5.41, 5.74) is 2.73. The van der Waals surface area contributed by atoms with Crippen LogP contribution in [0.3, 0.4) is 0 Å². The second kappa shape index (κ2) is 13.2. The van der Waals surface area contributed by atoms with Gasteiger partial charge in [0.15, 0.2) is 11.6 Å². The molecule has 2 unspecified atom stereocenters. The lowest BCUT2D eigenvalue weighted by atomic mass is 9.89. The Morgan fingerprint density at radius 1 is 1.04 bits per heavy atom. The number of hydrogen-bond donors (Lipinski definition) is 0. The molecule has 9 nitrogen and oxygen atoms in total. The monoisotopic (exact) mass is 634 g/mol. The maximum Gasteiger partial charge on any atom is 0.410 e. The van der Waals surface area contributed by atoms with E-state index in [-0.39, 0.29) is 23.1 Å². The third kappa shape index (κ3) is 8.00. The van der Waals surface area contributed by atoms with Gasteiger partial charge >= 0.3 is 6.09 Å². The summed E-state index contributed by atoms with van der Waals surface area (Å²) in [7, 11) is 5.65. The van der Waals surface area contributed by atoms with Crippen LogP contribution in [0.15, 0.2) is 36.5 Å². The van der Waals surface area contributed by atoms with Gasteiger partial charge in [0.2, 0.25) is 0 Å². The molecule has 2 aromatic heterocycles. The van der Waals surface area contributed by atoms with Crippen LogP contribution in [0.25, 0.3) is 22.2 Å². The molecule has 0 aliphatic carbocycles. The van der Waals surface area contributed by atoms with Gasteiger partial charge in [-0.2, -0.15) is 0 Å². The molecule has 0 N–H and O–H groups in total. The largest absolute Gasteiger partial charge is 0.494 e. The lowest BCUT2D eigenvalue weighted by Crippen LogP contribution is -2.44. The Kier molecular flexibility index (Phi) is 9.68. The van der Waals surface area contributed by atoms with Gasteiger partial charge in [-0.3, -0.25) is 0 Å². The second-order valence-electron chi connectivity index (χ2n) is 15.3. The van der Waals surface area contributed by atoms with E-state index in [4.69, 9.17) is 19.4 Å². The van der Waals surface area contributed by atoms with Crippen LogP contribution in [0.5, 0.6) is 5.75 Å². The number of rotatable bonds is 8. The van der Waals surface area contributed by atoms with Crippen molar-refractivity contribution in [3.8, 4) is 17.0 Å². The maximum atomic E-state index is 15.0. The Morgan fingerprint density at radius 2 is 1.78 bits per heavy atom. The Balaban J connectivity index is 1.38. The summed E-state index contributed by atoms with van der Waals surface area (Å²) >= 11 is 0. The number of halogens is 1. The minimum Gasteiger partial charge on any atom is -0.494 e. The third-order valence-electron chi connectivity index (χ3n) is 8.86. The number of likely N-dealkylation sites (N-methyl/N-ethyl adjacent to an activating group) is 1. The maximum absolute atomic E-state index is 15.0. The van der Waals surface area contributed by atoms with Crippen LogP contribution in [0.1, 0.15) is 48.0 Å². The van der Waals surface area contributed by atoms with Gasteiger partial charge in [0.1, 0.15) is 11.4 Å². The molecule has 10 heteroatoms. The fourth-order valence-corrected chi connectivity index (χ4v) is 6.61. The van der Waals surface area contributed by atoms with E-state index >= 15 is 0 Å². The number of anilines is 2. The lowest BCUT2D eigenvalue weighted by molar-refractivity contribution is 0.0194. The van der Waals surface area contributed by atoms with Gasteiger partial charge in [0, 0.05) is 75.2 Å². The molecule has 46 heavy (non-hydrogen) atoms. The second-order valence-corrected chi connectivity index (χ2v) is 15.3. The van der Waals surface area contributed by atoms with E-state index in [0.29, 0.717) is 37.0 Å². The van der Waals surface area contributed by atoms with Crippen LogP contribution in [0.2, 0.25) is 0 Å². The van der Waals surface area contributed by atoms with Gasteiger partial charge in [-0.25, -0.2) is 19.2 Å². The number of amides is 1. The van der Waals surface area contributed by atoms with Gasteiger partial charge in [-0.05, 0) is 82.3 Å². The zero-order valence-corrected chi connectivity index (χ0v) is 29.1. The molecule has 1 amide bonds. The van der Waals surface area contributed by atoms with Crippen molar-refractivity contribution in [3.63, 3.8) is 0 Å². The van der Waals surface area contributed by atoms with Gasteiger partial charge in [-0.1, -0.05) is 20.8 Å². The molecular formula is C36H51FN6O3. The molecule has 2 aliphatic rings. The van der Waals surface area contributed by atoms with Crippen LogP contribution in [-0.4, -0.2) is 98.5 Å². The topological polar surface area (TPSA) is 74.3 Å². The van der Waals surface area contributed by atoms with Crippen molar-refractivity contribution >= 4 is 28.5 Å². The highest BCUT2D eigenvalue weighted by atomic mass is 19.1. The number of nitrogens with zero attached hydrogens (tertiary/aromatic N) is 6. The average Bonchev–Trinajstić information content (AvgIpc) is 3.40. The van der Waals surface area contributed by atoms with Crippen LogP contribution >= 0.6 is 0 Å². The molecule has 2 aliphatic heterocycles. The highest BCUT2D eigenvalue weighted by Gasteiger charge is 2.37. The van der Waals surface area contributed by atoms with Crippen LogP contribution < -0.4 is 14.5 Å². The average molecular weight is 635 g/mol. The summed E-state index contributed by atoms with van der Waals surface area (Å²) in [6.45, 7) is 17.8. The van der Waals surface area contributed by atoms with Crippen molar-refractivity contribution in [2.24, 2.45) is 17.3 Å². The van der Waals surface area contributed by atoms with Crippen molar-refractivity contribution in [1.82, 2.24) is 19.8 Å². The van der Waals surface area contributed by atoms with Crippen LogP contribution in [0, 0.1) is 23.1 Å². The Hall–Kier alpha value is -3.66. The van der Waals surface area contributed by atoms with Crippen molar-refractivity contribution in [2.45, 2.75) is 53.6 Å². The summed E-state index contributed by atoms with van der Waals surface area (Å²) in [4.78, 5) is 31.4. The zero-order valence-electron chi connectivity index (χ0n) is 29.1. The van der Waals surface area contributed by atoms with Crippen molar-refractivity contribution in [2.75, 3.05) is 76.8 Å². The number of fused-ring (bicyclic) bond motifs is 2. The SMILES string of the molecule is COc1cc2nc(-c3ccc(N(C)CCN(CC(C)(C)C)C(=O)OC(C)(C)C)nc3)cc(N3CC4CCN(C)CC4C3)c2cc1F. The Bertz CT molecular complexity index is 1530. The molecule has 0 spiro atoms. The van der Waals surface area contributed by atoms with E-state index in [9.17, 15) is 9.18 Å². The van der Waals surface area contributed by atoms with E-state index in [2.05, 4.69) is 43.7 Å². The first-order chi connectivity index (χ1) is 21.6. The predicted molar refractivity (Wildman–Crippen MR) is 183 cm³/mol. The zero-order chi connectivity index (χ0) is 33.4. The molecule has 0 radical (unpaired) electrons. The van der Waals surface area contributed by atoms with Crippen molar-refractivity contribution in [1.29, 1.82) is 0 Å². The normalized spacial score (nSPS) is 18.9. The number of methoxy groups -OCH3 is 1. The number of carbonyl (C=O) groups is 1. The molecule has 1 aromatic carbocycles. The van der Waals surface area contributed by atoms with Crippen molar-refractivity contribution < 1.29 is 18.7 Å². The summed E-state index contributed by atoms with van der Waals surface area (Å²) in [6, 6.07) is 9.34. The number of pyridine rings is 2. The summed E-state index contributed by atoms with van der Waals surface area (Å²) in [5, 5.41) is 0.795. The highest BCUT2D eigenvalue weighted by Crippen LogP contribution is 2.39. The van der Waals surface area contributed by atoms with E-state index in [1.807, 2.05) is 51.0 Å². The number of likely N-dealkylation sites (tertiary alicyclic amines) is 1. The van der Waals surface area contributed by atoms with E-state index in [1.165, 1.54) is 13.5 Å². The van der Waals surface area contributed by atoms with E-state index in [1.54, 1.807) is 17.0 Å². The van der Waals surface area contributed by atoms with E-state index < -0.39 is 5.60 Å². The molecule has 0 bridgehead atoms. The standard InChI is InChI=1S/C36H51FN6O3/c1-35(2,3)23-42(34(44)46-36(4,5)6)15-14-41(8)33-11-10-24(19-38-33)29-17-31(27-16-28(37)32(45-9)18-30(27)39-29)43-21-25-12-13-40(7)20-26(25)22-43/h10-11,16-19,25-26H,12-15,20-23H2,1-9H3. The number of benzene rings is 1. The Labute approximate surface area is 273 Å². The molecule has 4 heterocycles. The number of aromatic nitrogens is 2. The predicted octanol–water partition coefficient (Wildman–Crippen LogP) is 6.55. The quantitative estimate of drug-likeness (QED) is 0.276. The van der Waals surface area contributed by atoms with Crippen molar-refractivity contribution in [3.05, 3.63) is 42.3 Å². The first-order valence-electron chi connectivity index (χ1n) is 16.4. The number of carbonyl (C=O) groups excluding carboxylic acids is 1. The number of piperidine rings is 1. The number of hydrogen-bond acceptors (Lipinski definition) is 8. The van der Waals surface area contributed by atoms with Gasteiger partial charge in [0.05, 0.1) is 18.3 Å². The summed E-state index contributed by atoms with van der Waals surface area (Å²) in [6.07, 6.45) is 2.71. The Morgan fingerprint density at radius 3 is 2.43 bits per heavy atom. The number of ether oxygens (including phenoxy) is 2. The molecule has 3 aromatic rings. The van der Waals surface area contributed by atoms with E-state index in [0.717, 1.165) is 54.3 Å². The van der Waals surface area contributed by atoms with Gasteiger partial charge in [0.25, 0.3) is 0 Å². The molecular weight excluding hydrogens is 583 g/mol. The first-order valence-corrected chi connectivity index (χ1v) is 16.4. The smallest absolute Gasteiger partial charge is 0.410 e. The molecule has 2 saturated heterocycles. The van der Waals surface area contributed by atoms with Crippen LogP contribution in [-0.2, 0) is 4.74 Å². The minimum absolute atomic E-state index is 0.0691. The summed E-state index contributed by atoms with van der Waals surface area (Å²) in [5.74, 6) is 1.82. The fourth-order valence-electron chi connectivity index (χ4n) is 6.61. The third-order valence-corrected chi connectivity index (χ3v) is 8.86. The molecule has 2 fully saturated rings. The molecule has 0 saturated carbocycles. The minimum atomic E-state index is -0.559. The van der Waals surface area contributed by atoms with Gasteiger partial charge in [-0.15, -0.1) is 0 Å². The molecule has 250 valence electrons. The molecule has 5 rings (SSSR count). The molecule has 2 atom stereocenters.